The molecule has 1 aliphatic rings. The zero-order valence-corrected chi connectivity index (χ0v) is 11.0. The maximum absolute atomic E-state index is 5.85. The minimum atomic E-state index is 0.594. The Morgan fingerprint density at radius 2 is 2.18 bits per heavy atom. The normalized spacial score (nSPS) is 21.6. The highest BCUT2D eigenvalue weighted by Crippen LogP contribution is 2.09. The second-order valence-electron chi connectivity index (χ2n) is 4.60. The molecule has 1 atom stereocenters. The van der Waals surface area contributed by atoms with Crippen molar-refractivity contribution in [3.8, 4) is 0 Å². The SMILES string of the molecule is CN1CCNCC1CNCc1ccc(Cl)cc1. The van der Waals surface area contributed by atoms with E-state index in [1.54, 1.807) is 0 Å². The van der Waals surface area contributed by atoms with Gasteiger partial charge in [-0.3, -0.25) is 4.90 Å². The molecule has 4 heteroatoms. The number of benzene rings is 1. The maximum atomic E-state index is 5.85. The molecule has 1 heterocycles. The number of likely N-dealkylation sites (N-methyl/N-ethyl adjacent to an activating group) is 1. The van der Waals surface area contributed by atoms with E-state index in [4.69, 9.17) is 11.6 Å². The first-order valence-corrected chi connectivity index (χ1v) is 6.49. The quantitative estimate of drug-likeness (QED) is 0.848. The molecule has 0 saturated carbocycles. The van der Waals surface area contributed by atoms with Gasteiger partial charge in [0.15, 0.2) is 0 Å². The highest BCUT2D eigenvalue weighted by atomic mass is 35.5. The van der Waals surface area contributed by atoms with Gasteiger partial charge in [-0.15, -0.1) is 0 Å². The van der Waals surface area contributed by atoms with Gasteiger partial charge in [-0.05, 0) is 24.7 Å². The molecular weight excluding hydrogens is 234 g/mol. The maximum Gasteiger partial charge on any atom is 0.0406 e. The monoisotopic (exact) mass is 253 g/mol. The van der Waals surface area contributed by atoms with Crippen LogP contribution in [0.5, 0.6) is 0 Å². The number of hydrogen-bond donors (Lipinski definition) is 2. The zero-order chi connectivity index (χ0) is 12.1. The average molecular weight is 254 g/mol. The summed E-state index contributed by atoms with van der Waals surface area (Å²) < 4.78 is 0. The van der Waals surface area contributed by atoms with E-state index in [2.05, 4.69) is 34.7 Å². The molecule has 17 heavy (non-hydrogen) atoms. The predicted molar refractivity (Wildman–Crippen MR) is 72.4 cm³/mol. The molecule has 2 rings (SSSR count). The van der Waals surface area contributed by atoms with Crippen LogP contribution >= 0.6 is 11.6 Å². The molecule has 1 fully saturated rings. The molecule has 0 spiro atoms. The van der Waals surface area contributed by atoms with Crippen LogP contribution in [-0.2, 0) is 6.54 Å². The fraction of sp³-hybridized carbons (Fsp3) is 0.538. The lowest BCUT2D eigenvalue weighted by Crippen LogP contribution is -2.53. The van der Waals surface area contributed by atoms with E-state index in [9.17, 15) is 0 Å². The van der Waals surface area contributed by atoms with Crippen LogP contribution in [0, 0.1) is 0 Å². The van der Waals surface area contributed by atoms with Crippen molar-refractivity contribution >= 4 is 11.6 Å². The van der Waals surface area contributed by atoms with Crippen molar-refractivity contribution in [2.45, 2.75) is 12.6 Å². The minimum absolute atomic E-state index is 0.594. The summed E-state index contributed by atoms with van der Waals surface area (Å²) in [6, 6.07) is 8.60. The van der Waals surface area contributed by atoms with Crippen LogP contribution < -0.4 is 10.6 Å². The summed E-state index contributed by atoms with van der Waals surface area (Å²) in [6.07, 6.45) is 0. The van der Waals surface area contributed by atoms with Crippen molar-refractivity contribution in [3.05, 3.63) is 34.9 Å². The molecule has 0 bridgehead atoms. The Morgan fingerprint density at radius 3 is 2.88 bits per heavy atom. The molecule has 94 valence electrons. The van der Waals surface area contributed by atoms with Gasteiger partial charge in [0.1, 0.15) is 0 Å². The summed E-state index contributed by atoms with van der Waals surface area (Å²) in [5.41, 5.74) is 1.28. The number of nitrogens with one attached hydrogen (secondary N) is 2. The van der Waals surface area contributed by atoms with E-state index in [0.29, 0.717) is 6.04 Å². The van der Waals surface area contributed by atoms with Crippen LogP contribution in [0.3, 0.4) is 0 Å². The lowest BCUT2D eigenvalue weighted by Gasteiger charge is -2.33. The Morgan fingerprint density at radius 1 is 1.41 bits per heavy atom. The lowest BCUT2D eigenvalue weighted by molar-refractivity contribution is 0.195. The van der Waals surface area contributed by atoms with Gasteiger partial charge in [0, 0.05) is 43.8 Å². The highest BCUT2D eigenvalue weighted by Gasteiger charge is 2.17. The summed E-state index contributed by atoms with van der Waals surface area (Å²) in [5.74, 6) is 0. The first-order valence-electron chi connectivity index (χ1n) is 6.12. The molecule has 2 N–H and O–H groups in total. The first-order chi connectivity index (χ1) is 8.25. The number of piperazine rings is 1. The van der Waals surface area contributed by atoms with Gasteiger partial charge in [0.05, 0.1) is 0 Å². The molecule has 1 aliphatic heterocycles. The van der Waals surface area contributed by atoms with Crippen molar-refractivity contribution in [1.82, 2.24) is 15.5 Å². The van der Waals surface area contributed by atoms with Crippen molar-refractivity contribution in [1.29, 1.82) is 0 Å². The smallest absolute Gasteiger partial charge is 0.0406 e. The number of halogens is 1. The van der Waals surface area contributed by atoms with Gasteiger partial charge in [0.25, 0.3) is 0 Å². The predicted octanol–water partition coefficient (Wildman–Crippen LogP) is 1.33. The molecule has 1 unspecified atom stereocenters. The summed E-state index contributed by atoms with van der Waals surface area (Å²) >= 11 is 5.85. The fourth-order valence-corrected chi connectivity index (χ4v) is 2.20. The summed E-state index contributed by atoms with van der Waals surface area (Å²) in [6.45, 7) is 5.23. The Balaban J connectivity index is 1.73. The third-order valence-corrected chi connectivity index (χ3v) is 3.52. The second kappa shape index (κ2) is 6.36. The Hall–Kier alpha value is -0.610. The summed E-state index contributed by atoms with van der Waals surface area (Å²) in [5, 5.41) is 7.72. The summed E-state index contributed by atoms with van der Waals surface area (Å²) in [7, 11) is 2.19. The topological polar surface area (TPSA) is 27.3 Å². The number of hydrogen-bond acceptors (Lipinski definition) is 3. The van der Waals surface area contributed by atoms with Gasteiger partial charge >= 0.3 is 0 Å². The third-order valence-electron chi connectivity index (χ3n) is 3.27. The average Bonchev–Trinajstić information content (AvgIpc) is 2.34. The van der Waals surface area contributed by atoms with E-state index in [0.717, 1.165) is 37.7 Å². The highest BCUT2D eigenvalue weighted by molar-refractivity contribution is 6.30. The van der Waals surface area contributed by atoms with Crippen molar-refractivity contribution in [2.24, 2.45) is 0 Å². The second-order valence-corrected chi connectivity index (χ2v) is 5.03. The number of nitrogens with zero attached hydrogens (tertiary/aromatic N) is 1. The lowest BCUT2D eigenvalue weighted by atomic mass is 10.2. The third kappa shape index (κ3) is 3.96. The molecule has 1 saturated heterocycles. The molecule has 0 aromatic heterocycles. The van der Waals surface area contributed by atoms with E-state index in [-0.39, 0.29) is 0 Å². The van der Waals surface area contributed by atoms with E-state index in [1.165, 1.54) is 5.56 Å². The Kier molecular flexibility index (Phi) is 4.80. The fourth-order valence-electron chi connectivity index (χ4n) is 2.08. The van der Waals surface area contributed by atoms with E-state index >= 15 is 0 Å². The van der Waals surface area contributed by atoms with Crippen LogP contribution in [-0.4, -0.2) is 44.2 Å². The molecule has 1 aromatic rings. The van der Waals surface area contributed by atoms with Crippen LogP contribution in [0.4, 0.5) is 0 Å². The van der Waals surface area contributed by atoms with E-state index < -0.39 is 0 Å². The van der Waals surface area contributed by atoms with Crippen molar-refractivity contribution < 1.29 is 0 Å². The number of rotatable bonds is 4. The van der Waals surface area contributed by atoms with Crippen molar-refractivity contribution in [2.75, 3.05) is 33.2 Å². The Labute approximate surface area is 108 Å². The van der Waals surface area contributed by atoms with Crippen molar-refractivity contribution in [3.63, 3.8) is 0 Å². The molecule has 3 nitrogen and oxygen atoms in total. The molecule has 0 radical (unpaired) electrons. The largest absolute Gasteiger partial charge is 0.314 e. The van der Waals surface area contributed by atoms with Crippen LogP contribution in [0.15, 0.2) is 24.3 Å². The van der Waals surface area contributed by atoms with Crippen LogP contribution in [0.1, 0.15) is 5.56 Å². The first kappa shape index (κ1) is 12.8. The standard InChI is InChI=1S/C13H20ClN3/c1-17-7-6-15-9-13(17)10-16-8-11-2-4-12(14)5-3-11/h2-5,13,15-16H,6-10H2,1H3. The van der Waals surface area contributed by atoms with Gasteiger partial charge < -0.3 is 10.6 Å². The molecule has 0 amide bonds. The van der Waals surface area contributed by atoms with Gasteiger partial charge in [-0.1, -0.05) is 23.7 Å². The molecule has 0 aliphatic carbocycles. The molecule has 1 aromatic carbocycles. The zero-order valence-electron chi connectivity index (χ0n) is 10.2. The van der Waals surface area contributed by atoms with Crippen LogP contribution in [0.2, 0.25) is 5.02 Å². The summed E-state index contributed by atoms with van der Waals surface area (Å²) in [4.78, 5) is 2.41. The van der Waals surface area contributed by atoms with Gasteiger partial charge in [-0.25, -0.2) is 0 Å². The minimum Gasteiger partial charge on any atom is -0.314 e. The van der Waals surface area contributed by atoms with Gasteiger partial charge in [0.2, 0.25) is 0 Å². The van der Waals surface area contributed by atoms with Crippen LogP contribution in [0.25, 0.3) is 0 Å². The van der Waals surface area contributed by atoms with E-state index in [1.807, 2.05) is 12.1 Å². The molecular formula is C13H20ClN3. The van der Waals surface area contributed by atoms with Gasteiger partial charge in [-0.2, -0.15) is 0 Å². The Bertz CT molecular complexity index is 339.